The molecule has 5 nitrogen and oxygen atoms in total. The Morgan fingerprint density at radius 1 is 1.33 bits per heavy atom. The molecule has 0 saturated heterocycles. The first-order valence-electron chi connectivity index (χ1n) is 5.71. The summed E-state index contributed by atoms with van der Waals surface area (Å²) < 4.78 is 16.0. The lowest BCUT2D eigenvalue weighted by Gasteiger charge is -2.13. The van der Waals surface area contributed by atoms with Gasteiger partial charge < -0.3 is 14.5 Å². The Balaban J connectivity index is 3.24. The van der Waals surface area contributed by atoms with Crippen LogP contribution in [0.25, 0.3) is 0 Å². The molecule has 0 aromatic heterocycles. The van der Waals surface area contributed by atoms with Gasteiger partial charge in [-0.1, -0.05) is 19.1 Å². The molecule has 0 heterocycles. The van der Waals surface area contributed by atoms with Crippen LogP contribution < -0.4 is 0 Å². The highest BCUT2D eigenvalue weighted by Gasteiger charge is 2.22. The molecular weight excluding hydrogens is 255 g/mol. The molecule has 0 unspecified atom stereocenters. The van der Waals surface area contributed by atoms with Crippen molar-refractivity contribution in [1.29, 1.82) is 0 Å². The van der Waals surface area contributed by atoms with E-state index in [1.54, 1.807) is 19.1 Å². The molecule has 0 fully saturated rings. The van der Waals surface area contributed by atoms with Gasteiger partial charge in [-0.05, 0) is 30.5 Å². The minimum atomic E-state index is -4.22. The fourth-order valence-electron chi connectivity index (χ4n) is 1.76. The lowest BCUT2D eigenvalue weighted by atomic mass is 10.0. The molecule has 0 bridgehead atoms. The van der Waals surface area contributed by atoms with Crippen LogP contribution in [0.15, 0.2) is 18.2 Å². The Kier molecular flexibility index (Phi) is 5.08. The molecule has 0 amide bonds. The van der Waals surface area contributed by atoms with Crippen LogP contribution in [0.2, 0.25) is 0 Å². The van der Waals surface area contributed by atoms with Crippen LogP contribution in [0, 0.1) is 0 Å². The predicted molar refractivity (Wildman–Crippen MR) is 67.5 cm³/mol. The molecule has 0 aliphatic rings. The van der Waals surface area contributed by atoms with Gasteiger partial charge in [0.05, 0.1) is 18.3 Å². The summed E-state index contributed by atoms with van der Waals surface area (Å²) in [6.45, 7) is 3.78. The molecule has 0 saturated carbocycles. The third kappa shape index (κ3) is 3.95. The van der Waals surface area contributed by atoms with Gasteiger partial charge in [-0.3, -0.25) is 4.57 Å². The van der Waals surface area contributed by atoms with Crippen molar-refractivity contribution < 1.29 is 23.9 Å². The van der Waals surface area contributed by atoms with Gasteiger partial charge in [-0.15, -0.1) is 0 Å². The number of benzene rings is 1. The van der Waals surface area contributed by atoms with Gasteiger partial charge in [-0.2, -0.15) is 0 Å². The monoisotopic (exact) mass is 272 g/mol. The summed E-state index contributed by atoms with van der Waals surface area (Å²) in [5, 5.41) is 0. The van der Waals surface area contributed by atoms with Gasteiger partial charge in [0.1, 0.15) is 0 Å². The summed E-state index contributed by atoms with van der Waals surface area (Å²) in [6, 6.07) is 4.98. The Hall–Kier alpha value is -1.16. The molecule has 2 N–H and O–H groups in total. The van der Waals surface area contributed by atoms with Crippen LogP contribution in [0.3, 0.4) is 0 Å². The van der Waals surface area contributed by atoms with E-state index >= 15 is 0 Å². The van der Waals surface area contributed by atoms with Crippen molar-refractivity contribution in [1.82, 2.24) is 0 Å². The van der Waals surface area contributed by atoms with Gasteiger partial charge in [0, 0.05) is 0 Å². The molecule has 6 heteroatoms. The van der Waals surface area contributed by atoms with Crippen LogP contribution in [0.1, 0.15) is 35.3 Å². The maximum Gasteiger partial charge on any atom is 0.338 e. The number of hydrogen-bond acceptors (Lipinski definition) is 3. The number of carbonyl (C=O) groups is 1. The maximum absolute atomic E-state index is 11.7. The van der Waals surface area contributed by atoms with Crippen LogP contribution in [0.4, 0.5) is 0 Å². The Morgan fingerprint density at radius 3 is 2.50 bits per heavy atom. The largest absolute Gasteiger partial charge is 0.462 e. The summed E-state index contributed by atoms with van der Waals surface area (Å²) >= 11 is 0. The van der Waals surface area contributed by atoms with E-state index in [1.807, 2.05) is 6.92 Å². The third-order valence-corrected chi connectivity index (χ3v) is 3.24. The minimum Gasteiger partial charge on any atom is -0.462 e. The van der Waals surface area contributed by atoms with Gasteiger partial charge >= 0.3 is 13.6 Å². The standard InChI is InChI=1S/C12H17O5P/c1-3-9-6-5-7-10(12(13)17-4-2)11(9)8-18(14,15)16/h5-7H,3-4,8H2,1-2H3,(H2,14,15,16). The van der Waals surface area contributed by atoms with Crippen molar-refractivity contribution in [2.45, 2.75) is 26.4 Å². The SMILES string of the molecule is CCOC(=O)c1cccc(CC)c1CP(=O)(O)O. The average Bonchev–Trinajstić information content (AvgIpc) is 2.27. The quantitative estimate of drug-likeness (QED) is 0.633. The molecule has 18 heavy (non-hydrogen) atoms. The van der Waals surface area contributed by atoms with E-state index in [1.165, 1.54) is 6.07 Å². The molecule has 0 radical (unpaired) electrons. The molecule has 0 spiro atoms. The Labute approximate surface area is 106 Å². The van der Waals surface area contributed by atoms with E-state index in [9.17, 15) is 9.36 Å². The topological polar surface area (TPSA) is 83.8 Å². The van der Waals surface area contributed by atoms with E-state index in [0.717, 1.165) is 5.56 Å². The van der Waals surface area contributed by atoms with E-state index in [0.29, 0.717) is 12.0 Å². The highest BCUT2D eigenvalue weighted by molar-refractivity contribution is 7.50. The van der Waals surface area contributed by atoms with Crippen molar-refractivity contribution in [2.75, 3.05) is 6.61 Å². The smallest absolute Gasteiger partial charge is 0.338 e. The summed E-state index contributed by atoms with van der Waals surface area (Å²) in [7, 11) is -4.22. The van der Waals surface area contributed by atoms with Gasteiger partial charge in [-0.25, -0.2) is 4.79 Å². The highest BCUT2D eigenvalue weighted by atomic mass is 31.2. The fraction of sp³-hybridized carbons (Fsp3) is 0.417. The maximum atomic E-state index is 11.7. The zero-order valence-electron chi connectivity index (χ0n) is 10.4. The van der Waals surface area contributed by atoms with E-state index in [-0.39, 0.29) is 12.2 Å². The lowest BCUT2D eigenvalue weighted by molar-refractivity contribution is 0.0525. The van der Waals surface area contributed by atoms with Gasteiger partial charge in [0.15, 0.2) is 0 Å². The van der Waals surface area contributed by atoms with Crippen molar-refractivity contribution in [3.63, 3.8) is 0 Å². The van der Waals surface area contributed by atoms with Crippen LogP contribution in [-0.2, 0) is 21.9 Å². The Morgan fingerprint density at radius 2 is 2.00 bits per heavy atom. The number of hydrogen-bond donors (Lipinski definition) is 2. The van der Waals surface area contributed by atoms with Crippen molar-refractivity contribution in [3.05, 3.63) is 34.9 Å². The molecule has 0 aliphatic heterocycles. The zero-order valence-corrected chi connectivity index (χ0v) is 11.3. The van der Waals surface area contributed by atoms with Gasteiger partial charge in [0.2, 0.25) is 0 Å². The highest BCUT2D eigenvalue weighted by Crippen LogP contribution is 2.41. The number of ether oxygens (including phenoxy) is 1. The van der Waals surface area contributed by atoms with Gasteiger partial charge in [0.25, 0.3) is 0 Å². The van der Waals surface area contributed by atoms with E-state index in [2.05, 4.69) is 0 Å². The number of esters is 1. The zero-order chi connectivity index (χ0) is 13.8. The minimum absolute atomic E-state index is 0.227. The van der Waals surface area contributed by atoms with Crippen molar-refractivity contribution in [3.8, 4) is 0 Å². The summed E-state index contributed by atoms with van der Waals surface area (Å²) in [5.74, 6) is -0.545. The van der Waals surface area contributed by atoms with E-state index in [4.69, 9.17) is 14.5 Å². The first-order chi connectivity index (χ1) is 8.39. The second-order valence-corrected chi connectivity index (χ2v) is 5.49. The first-order valence-corrected chi connectivity index (χ1v) is 7.51. The molecule has 1 aromatic rings. The third-order valence-electron chi connectivity index (χ3n) is 2.51. The van der Waals surface area contributed by atoms with Crippen LogP contribution >= 0.6 is 7.60 Å². The number of aryl methyl sites for hydroxylation is 1. The summed E-state index contributed by atoms with van der Waals surface area (Å²) in [6.07, 6.45) is 0.160. The summed E-state index contributed by atoms with van der Waals surface area (Å²) in [5.41, 5.74) is 1.37. The number of carbonyl (C=O) groups excluding carboxylic acids is 1. The van der Waals surface area contributed by atoms with E-state index < -0.39 is 19.7 Å². The summed E-state index contributed by atoms with van der Waals surface area (Å²) in [4.78, 5) is 29.9. The molecule has 1 rings (SSSR count). The fourth-order valence-corrected chi connectivity index (χ4v) is 2.54. The second-order valence-electron chi connectivity index (χ2n) is 3.84. The second kappa shape index (κ2) is 6.14. The van der Waals surface area contributed by atoms with Crippen LogP contribution in [-0.4, -0.2) is 22.4 Å². The van der Waals surface area contributed by atoms with Crippen LogP contribution in [0.5, 0.6) is 0 Å². The number of rotatable bonds is 5. The lowest BCUT2D eigenvalue weighted by Crippen LogP contribution is -2.10. The predicted octanol–water partition coefficient (Wildman–Crippen LogP) is 2.10. The van der Waals surface area contributed by atoms with Crippen molar-refractivity contribution in [2.24, 2.45) is 0 Å². The normalized spacial score (nSPS) is 11.3. The molecule has 0 atom stereocenters. The first kappa shape index (κ1) is 14.9. The average molecular weight is 272 g/mol. The Bertz CT molecular complexity index is 477. The molecule has 1 aromatic carbocycles. The molecule has 0 aliphatic carbocycles. The molecular formula is C12H17O5P. The van der Waals surface area contributed by atoms with Crippen molar-refractivity contribution >= 4 is 13.6 Å². The molecule has 100 valence electrons.